The Morgan fingerprint density at radius 2 is 1.45 bits per heavy atom. The highest BCUT2D eigenvalue weighted by Crippen LogP contribution is 2.21. The van der Waals surface area contributed by atoms with E-state index in [0.29, 0.717) is 12.0 Å². The Morgan fingerprint density at radius 3 is 1.90 bits per heavy atom. The van der Waals surface area contributed by atoms with Gasteiger partial charge in [0.05, 0.1) is 17.7 Å². The monoisotopic (exact) mass is 261 g/mol. The average Bonchev–Trinajstić information content (AvgIpc) is 2.48. The van der Waals surface area contributed by atoms with E-state index in [4.69, 9.17) is 16.3 Å². The fraction of sp³-hybridized carbons (Fsp3) is 0.176. The van der Waals surface area contributed by atoms with Crippen molar-refractivity contribution in [2.24, 2.45) is 5.73 Å². The van der Waals surface area contributed by atoms with Crippen LogP contribution in [-0.4, -0.2) is 5.54 Å². The molecule has 3 nitrogen and oxygen atoms in total. The third kappa shape index (κ3) is 3.23. The molecule has 2 rings (SSSR count). The molecule has 2 aromatic carbocycles. The minimum atomic E-state index is -0.837. The third-order valence-corrected chi connectivity index (χ3v) is 3.13. The Hall–Kier alpha value is -2.62. The standard InChI is InChI=1S/C17H15N3/c1-17(20,12-19)10-13-2-6-15(7-3-13)16-8-4-14(11-18)5-9-16/h2-9H,10,20H2,1H3/t17-/m1/s1. The van der Waals surface area contributed by atoms with Gasteiger partial charge in [-0.25, -0.2) is 0 Å². The molecule has 0 saturated carbocycles. The predicted octanol–water partition coefficient (Wildman–Crippen LogP) is 3.01. The fourth-order valence-electron chi connectivity index (χ4n) is 2.02. The summed E-state index contributed by atoms with van der Waals surface area (Å²) < 4.78 is 0. The summed E-state index contributed by atoms with van der Waals surface area (Å²) in [6, 6.07) is 19.6. The van der Waals surface area contributed by atoms with Gasteiger partial charge in [0.15, 0.2) is 0 Å². The maximum Gasteiger partial charge on any atom is 0.105 e. The summed E-state index contributed by atoms with van der Waals surface area (Å²) in [5.74, 6) is 0. The Bertz CT molecular complexity index is 668. The van der Waals surface area contributed by atoms with Gasteiger partial charge in [-0.1, -0.05) is 36.4 Å². The van der Waals surface area contributed by atoms with Crippen molar-refractivity contribution in [1.82, 2.24) is 0 Å². The third-order valence-electron chi connectivity index (χ3n) is 3.13. The molecule has 0 radical (unpaired) electrons. The van der Waals surface area contributed by atoms with Crippen LogP contribution in [0.4, 0.5) is 0 Å². The zero-order valence-corrected chi connectivity index (χ0v) is 11.3. The second-order valence-corrected chi connectivity index (χ2v) is 5.09. The van der Waals surface area contributed by atoms with E-state index in [-0.39, 0.29) is 0 Å². The highest BCUT2D eigenvalue weighted by molar-refractivity contribution is 5.64. The summed E-state index contributed by atoms with van der Waals surface area (Å²) in [7, 11) is 0. The Morgan fingerprint density at radius 1 is 0.950 bits per heavy atom. The van der Waals surface area contributed by atoms with Crippen molar-refractivity contribution in [2.45, 2.75) is 18.9 Å². The lowest BCUT2D eigenvalue weighted by Crippen LogP contribution is -2.36. The number of hydrogen-bond acceptors (Lipinski definition) is 3. The number of nitrogens with zero attached hydrogens (tertiary/aromatic N) is 2. The highest BCUT2D eigenvalue weighted by atomic mass is 14.7. The molecule has 0 spiro atoms. The van der Waals surface area contributed by atoms with Crippen LogP contribution in [0.1, 0.15) is 18.1 Å². The van der Waals surface area contributed by atoms with Crippen molar-refractivity contribution in [1.29, 1.82) is 10.5 Å². The number of benzene rings is 2. The first-order valence-electron chi connectivity index (χ1n) is 6.34. The minimum absolute atomic E-state index is 0.525. The van der Waals surface area contributed by atoms with E-state index in [1.54, 1.807) is 19.1 Å². The van der Waals surface area contributed by atoms with Gasteiger partial charge in [0.1, 0.15) is 5.54 Å². The molecule has 20 heavy (non-hydrogen) atoms. The maximum atomic E-state index is 8.94. The van der Waals surface area contributed by atoms with Crippen molar-refractivity contribution >= 4 is 0 Å². The molecular formula is C17H15N3. The number of nitriles is 2. The Kier molecular flexibility index (Phi) is 3.84. The molecule has 0 aromatic heterocycles. The van der Waals surface area contributed by atoms with Gasteiger partial charge in [-0.15, -0.1) is 0 Å². The van der Waals surface area contributed by atoms with Crippen molar-refractivity contribution in [3.05, 3.63) is 59.7 Å². The van der Waals surface area contributed by atoms with Crippen LogP contribution in [0, 0.1) is 22.7 Å². The van der Waals surface area contributed by atoms with Crippen LogP contribution in [-0.2, 0) is 6.42 Å². The zero-order valence-electron chi connectivity index (χ0n) is 11.3. The molecule has 0 aliphatic carbocycles. The Labute approximate surface area is 118 Å². The lowest BCUT2D eigenvalue weighted by Gasteiger charge is -2.15. The normalized spacial score (nSPS) is 13.0. The molecule has 2 N–H and O–H groups in total. The maximum absolute atomic E-state index is 8.94. The molecule has 0 fully saturated rings. The summed E-state index contributed by atoms with van der Waals surface area (Å²) in [6.07, 6.45) is 0.525. The highest BCUT2D eigenvalue weighted by Gasteiger charge is 2.17. The van der Waals surface area contributed by atoms with Gasteiger partial charge in [-0.3, -0.25) is 0 Å². The van der Waals surface area contributed by atoms with Crippen LogP contribution in [0.2, 0.25) is 0 Å². The first kappa shape index (κ1) is 13.8. The topological polar surface area (TPSA) is 73.6 Å². The van der Waals surface area contributed by atoms with Crippen LogP contribution in [0.15, 0.2) is 48.5 Å². The molecule has 98 valence electrons. The van der Waals surface area contributed by atoms with Gasteiger partial charge in [-0.2, -0.15) is 10.5 Å². The summed E-state index contributed by atoms with van der Waals surface area (Å²) in [6.45, 7) is 1.72. The van der Waals surface area contributed by atoms with E-state index >= 15 is 0 Å². The van der Waals surface area contributed by atoms with E-state index in [1.807, 2.05) is 36.4 Å². The molecule has 0 amide bonds. The fourth-order valence-corrected chi connectivity index (χ4v) is 2.02. The smallest absolute Gasteiger partial charge is 0.105 e. The molecular weight excluding hydrogens is 246 g/mol. The van der Waals surface area contributed by atoms with Crippen LogP contribution >= 0.6 is 0 Å². The minimum Gasteiger partial charge on any atom is -0.313 e. The quantitative estimate of drug-likeness (QED) is 0.922. The van der Waals surface area contributed by atoms with Crippen LogP contribution in [0.3, 0.4) is 0 Å². The predicted molar refractivity (Wildman–Crippen MR) is 78.5 cm³/mol. The van der Waals surface area contributed by atoms with Crippen LogP contribution in [0.25, 0.3) is 11.1 Å². The number of rotatable bonds is 3. The molecule has 0 bridgehead atoms. The number of hydrogen-bond donors (Lipinski definition) is 1. The summed E-state index contributed by atoms with van der Waals surface area (Å²) in [5.41, 5.74) is 8.83. The van der Waals surface area contributed by atoms with E-state index in [1.165, 1.54) is 0 Å². The first-order chi connectivity index (χ1) is 9.54. The average molecular weight is 261 g/mol. The van der Waals surface area contributed by atoms with Crippen molar-refractivity contribution in [2.75, 3.05) is 0 Å². The van der Waals surface area contributed by atoms with E-state index in [0.717, 1.165) is 16.7 Å². The van der Waals surface area contributed by atoms with Gasteiger partial charge in [0, 0.05) is 6.42 Å². The van der Waals surface area contributed by atoms with Gasteiger partial charge >= 0.3 is 0 Å². The van der Waals surface area contributed by atoms with Gasteiger partial charge in [-0.05, 0) is 35.7 Å². The first-order valence-corrected chi connectivity index (χ1v) is 6.34. The summed E-state index contributed by atoms with van der Waals surface area (Å²) in [4.78, 5) is 0. The van der Waals surface area contributed by atoms with Gasteiger partial charge in [0.25, 0.3) is 0 Å². The molecule has 0 unspecified atom stereocenters. The van der Waals surface area contributed by atoms with E-state index in [9.17, 15) is 0 Å². The second-order valence-electron chi connectivity index (χ2n) is 5.09. The Balaban J connectivity index is 2.20. The molecule has 0 aliphatic rings. The molecule has 0 saturated heterocycles. The molecule has 0 aliphatic heterocycles. The van der Waals surface area contributed by atoms with E-state index in [2.05, 4.69) is 12.1 Å². The van der Waals surface area contributed by atoms with Crippen molar-refractivity contribution in [3.8, 4) is 23.3 Å². The molecule has 3 heteroatoms. The molecule has 1 atom stereocenters. The van der Waals surface area contributed by atoms with Crippen molar-refractivity contribution < 1.29 is 0 Å². The molecule has 0 heterocycles. The number of nitrogens with two attached hydrogens (primary N) is 1. The van der Waals surface area contributed by atoms with Crippen LogP contribution in [0.5, 0.6) is 0 Å². The lowest BCUT2D eigenvalue weighted by molar-refractivity contribution is 0.596. The van der Waals surface area contributed by atoms with Gasteiger partial charge in [0.2, 0.25) is 0 Å². The molecule has 2 aromatic rings. The van der Waals surface area contributed by atoms with Crippen molar-refractivity contribution in [3.63, 3.8) is 0 Å². The second kappa shape index (κ2) is 5.57. The SMILES string of the molecule is C[C@](N)(C#N)Cc1ccc(-c2ccc(C#N)cc2)cc1. The summed E-state index contributed by atoms with van der Waals surface area (Å²) in [5, 5.41) is 17.7. The van der Waals surface area contributed by atoms with E-state index < -0.39 is 5.54 Å². The summed E-state index contributed by atoms with van der Waals surface area (Å²) >= 11 is 0. The van der Waals surface area contributed by atoms with Crippen LogP contribution < -0.4 is 5.73 Å². The zero-order chi connectivity index (χ0) is 14.6. The largest absolute Gasteiger partial charge is 0.313 e. The van der Waals surface area contributed by atoms with Gasteiger partial charge < -0.3 is 5.73 Å². The lowest BCUT2D eigenvalue weighted by atomic mass is 9.94.